The van der Waals surface area contributed by atoms with Crippen LogP contribution in [0.4, 0.5) is 0 Å². The van der Waals surface area contributed by atoms with Crippen LogP contribution in [0.5, 0.6) is 0 Å². The van der Waals surface area contributed by atoms with E-state index >= 15 is 0 Å². The SMILES string of the molecule is O=C(NCCCn1ccnc1)c1ccccc1CSc1nc2ccccc2o1. The molecule has 7 heteroatoms. The first-order valence-corrected chi connectivity index (χ1v) is 10.1. The van der Waals surface area contributed by atoms with E-state index in [1.807, 2.05) is 59.3 Å². The third kappa shape index (κ3) is 4.43. The Kier molecular flexibility index (Phi) is 5.72. The molecule has 0 fully saturated rings. The molecular weight excluding hydrogens is 372 g/mol. The zero-order chi connectivity index (χ0) is 19.2. The fraction of sp³-hybridized carbons (Fsp3) is 0.190. The summed E-state index contributed by atoms with van der Waals surface area (Å²) in [6.45, 7) is 1.44. The Bertz CT molecular complexity index is 1030. The highest BCUT2D eigenvalue weighted by atomic mass is 32.2. The lowest BCUT2D eigenvalue weighted by atomic mass is 10.1. The largest absolute Gasteiger partial charge is 0.431 e. The van der Waals surface area contributed by atoms with Crippen molar-refractivity contribution < 1.29 is 9.21 Å². The van der Waals surface area contributed by atoms with Gasteiger partial charge in [-0.1, -0.05) is 42.1 Å². The number of para-hydroxylation sites is 2. The lowest BCUT2D eigenvalue weighted by Crippen LogP contribution is -2.26. The van der Waals surface area contributed by atoms with E-state index in [9.17, 15) is 4.79 Å². The molecule has 2 aromatic heterocycles. The highest BCUT2D eigenvalue weighted by Crippen LogP contribution is 2.27. The summed E-state index contributed by atoms with van der Waals surface area (Å²) in [6.07, 6.45) is 6.30. The van der Waals surface area contributed by atoms with Gasteiger partial charge in [0.25, 0.3) is 11.1 Å². The van der Waals surface area contributed by atoms with Crippen LogP contribution in [0.25, 0.3) is 11.1 Å². The summed E-state index contributed by atoms with van der Waals surface area (Å²) in [5.41, 5.74) is 3.26. The van der Waals surface area contributed by atoms with Gasteiger partial charge in [-0.3, -0.25) is 4.79 Å². The molecule has 0 aliphatic carbocycles. The summed E-state index contributed by atoms with van der Waals surface area (Å²) in [6, 6.07) is 15.3. The van der Waals surface area contributed by atoms with E-state index in [0.29, 0.717) is 23.1 Å². The number of rotatable bonds is 8. The van der Waals surface area contributed by atoms with Crippen molar-refractivity contribution in [1.82, 2.24) is 19.9 Å². The summed E-state index contributed by atoms with van der Waals surface area (Å²) >= 11 is 1.49. The van der Waals surface area contributed by atoms with Crippen LogP contribution in [0, 0.1) is 0 Å². The lowest BCUT2D eigenvalue weighted by molar-refractivity contribution is 0.0952. The number of aryl methyl sites for hydroxylation is 1. The molecule has 0 atom stereocenters. The van der Waals surface area contributed by atoms with Crippen LogP contribution in [0.2, 0.25) is 0 Å². The first kappa shape index (κ1) is 18.3. The van der Waals surface area contributed by atoms with E-state index in [4.69, 9.17) is 4.42 Å². The minimum absolute atomic E-state index is 0.0561. The number of thioether (sulfide) groups is 1. The molecule has 0 radical (unpaired) electrons. The maximum absolute atomic E-state index is 12.6. The van der Waals surface area contributed by atoms with Gasteiger partial charge in [0.05, 0.1) is 6.33 Å². The predicted molar refractivity (Wildman–Crippen MR) is 109 cm³/mol. The number of imidazole rings is 1. The molecule has 4 aromatic rings. The summed E-state index contributed by atoms with van der Waals surface area (Å²) in [5, 5.41) is 3.61. The van der Waals surface area contributed by atoms with Gasteiger partial charge in [0, 0.05) is 36.8 Å². The molecule has 6 nitrogen and oxygen atoms in total. The first-order chi connectivity index (χ1) is 13.8. The molecule has 2 aromatic carbocycles. The van der Waals surface area contributed by atoms with E-state index in [1.165, 1.54) is 11.8 Å². The summed E-state index contributed by atoms with van der Waals surface area (Å²) in [7, 11) is 0. The second-order valence-corrected chi connectivity index (χ2v) is 7.23. The second-order valence-electron chi connectivity index (χ2n) is 6.30. The number of oxazole rings is 1. The Hall–Kier alpha value is -3.06. The molecule has 28 heavy (non-hydrogen) atoms. The molecule has 0 aliphatic rings. The number of nitrogens with zero attached hydrogens (tertiary/aromatic N) is 3. The van der Waals surface area contributed by atoms with Crippen molar-refractivity contribution in [3.63, 3.8) is 0 Å². The average molecular weight is 392 g/mol. The minimum atomic E-state index is -0.0561. The van der Waals surface area contributed by atoms with Crippen LogP contribution >= 0.6 is 11.8 Å². The molecule has 2 heterocycles. The molecule has 0 saturated carbocycles. The highest BCUT2D eigenvalue weighted by molar-refractivity contribution is 7.98. The Balaban J connectivity index is 1.35. The molecule has 0 unspecified atom stereocenters. The van der Waals surface area contributed by atoms with E-state index in [-0.39, 0.29) is 5.91 Å². The third-order valence-electron chi connectivity index (χ3n) is 4.33. The fourth-order valence-corrected chi connectivity index (χ4v) is 3.74. The van der Waals surface area contributed by atoms with Gasteiger partial charge in [0.2, 0.25) is 0 Å². The van der Waals surface area contributed by atoms with Crippen LogP contribution < -0.4 is 5.32 Å². The molecule has 0 bridgehead atoms. The smallest absolute Gasteiger partial charge is 0.257 e. The van der Waals surface area contributed by atoms with Crippen molar-refractivity contribution in [3.05, 3.63) is 78.4 Å². The molecule has 142 valence electrons. The van der Waals surface area contributed by atoms with Crippen LogP contribution in [0.15, 0.2) is 76.9 Å². The molecule has 4 rings (SSSR count). The van der Waals surface area contributed by atoms with Crippen LogP contribution in [0.1, 0.15) is 22.3 Å². The topological polar surface area (TPSA) is 73.0 Å². The van der Waals surface area contributed by atoms with Gasteiger partial charge in [-0.15, -0.1) is 0 Å². The minimum Gasteiger partial charge on any atom is -0.431 e. The van der Waals surface area contributed by atoms with E-state index in [2.05, 4.69) is 15.3 Å². The van der Waals surface area contributed by atoms with Crippen molar-refractivity contribution in [2.75, 3.05) is 6.54 Å². The maximum atomic E-state index is 12.6. The maximum Gasteiger partial charge on any atom is 0.257 e. The monoisotopic (exact) mass is 392 g/mol. The normalized spacial score (nSPS) is 11.0. The zero-order valence-electron chi connectivity index (χ0n) is 15.2. The number of fused-ring (bicyclic) bond motifs is 1. The van der Waals surface area contributed by atoms with Gasteiger partial charge in [0.1, 0.15) is 5.52 Å². The molecule has 0 aliphatic heterocycles. The van der Waals surface area contributed by atoms with Crippen molar-refractivity contribution in [1.29, 1.82) is 0 Å². The Morgan fingerprint density at radius 3 is 2.86 bits per heavy atom. The Morgan fingerprint density at radius 1 is 1.14 bits per heavy atom. The van der Waals surface area contributed by atoms with Gasteiger partial charge in [-0.25, -0.2) is 9.97 Å². The van der Waals surface area contributed by atoms with E-state index in [0.717, 1.165) is 29.6 Å². The molecular formula is C21H20N4O2S. The van der Waals surface area contributed by atoms with Gasteiger partial charge in [-0.2, -0.15) is 0 Å². The molecule has 0 saturated heterocycles. The molecule has 0 spiro atoms. The summed E-state index contributed by atoms with van der Waals surface area (Å²) in [4.78, 5) is 21.1. The standard InChI is InChI=1S/C21H20N4O2S/c26-20(23-10-5-12-25-13-11-22-15-25)17-7-2-1-6-16(17)14-28-21-24-18-8-3-4-9-19(18)27-21/h1-4,6-9,11,13,15H,5,10,12,14H2,(H,23,26). The first-order valence-electron chi connectivity index (χ1n) is 9.10. The number of carbonyl (C=O) groups is 1. The Morgan fingerprint density at radius 2 is 2.00 bits per heavy atom. The number of amides is 1. The van der Waals surface area contributed by atoms with Crippen molar-refractivity contribution >= 4 is 28.8 Å². The van der Waals surface area contributed by atoms with E-state index < -0.39 is 0 Å². The van der Waals surface area contributed by atoms with Crippen LogP contribution in [0.3, 0.4) is 0 Å². The van der Waals surface area contributed by atoms with Crippen molar-refractivity contribution in [2.45, 2.75) is 23.9 Å². The number of hydrogen-bond acceptors (Lipinski definition) is 5. The number of carbonyl (C=O) groups excluding carboxylic acids is 1. The second kappa shape index (κ2) is 8.75. The summed E-state index contributed by atoms with van der Waals surface area (Å²) in [5.74, 6) is 0.560. The van der Waals surface area contributed by atoms with Gasteiger partial charge >= 0.3 is 0 Å². The Labute approximate surface area is 167 Å². The van der Waals surface area contributed by atoms with Gasteiger partial charge < -0.3 is 14.3 Å². The van der Waals surface area contributed by atoms with Crippen molar-refractivity contribution in [3.8, 4) is 0 Å². The lowest BCUT2D eigenvalue weighted by Gasteiger charge is -2.09. The van der Waals surface area contributed by atoms with Gasteiger partial charge in [-0.05, 0) is 30.2 Å². The number of nitrogens with one attached hydrogen (secondary N) is 1. The number of hydrogen-bond donors (Lipinski definition) is 1. The molecule has 1 amide bonds. The highest BCUT2D eigenvalue weighted by Gasteiger charge is 2.12. The number of benzene rings is 2. The van der Waals surface area contributed by atoms with Crippen LogP contribution in [-0.2, 0) is 12.3 Å². The average Bonchev–Trinajstić information content (AvgIpc) is 3.39. The van der Waals surface area contributed by atoms with Crippen LogP contribution in [-0.4, -0.2) is 27.0 Å². The molecule has 1 N–H and O–H groups in total. The number of aromatic nitrogens is 3. The quantitative estimate of drug-likeness (QED) is 0.360. The van der Waals surface area contributed by atoms with Crippen molar-refractivity contribution in [2.24, 2.45) is 0 Å². The summed E-state index contributed by atoms with van der Waals surface area (Å²) < 4.78 is 7.75. The zero-order valence-corrected chi connectivity index (χ0v) is 16.1. The van der Waals surface area contributed by atoms with Gasteiger partial charge in [0.15, 0.2) is 5.58 Å². The fourth-order valence-electron chi connectivity index (χ4n) is 2.90. The predicted octanol–water partition coefficient (Wildman–Crippen LogP) is 4.14. The third-order valence-corrected chi connectivity index (χ3v) is 5.20. The van der Waals surface area contributed by atoms with E-state index in [1.54, 1.807) is 12.5 Å².